The zero-order valence-electron chi connectivity index (χ0n) is 13.8. The lowest BCUT2D eigenvalue weighted by Gasteiger charge is -2.33. The van der Waals surface area contributed by atoms with E-state index in [0.717, 1.165) is 24.2 Å². The topological polar surface area (TPSA) is 70.5 Å². The van der Waals surface area contributed by atoms with Crippen molar-refractivity contribution in [2.75, 3.05) is 27.2 Å². The van der Waals surface area contributed by atoms with Crippen molar-refractivity contribution in [2.24, 2.45) is 0 Å². The lowest BCUT2D eigenvalue weighted by atomic mass is 10.1. The average Bonchev–Trinajstić information content (AvgIpc) is 2.77. The van der Waals surface area contributed by atoms with Crippen LogP contribution in [0.3, 0.4) is 0 Å². The lowest BCUT2D eigenvalue weighted by Crippen LogP contribution is -2.49. The number of nitrogens with zero attached hydrogens (tertiary/aromatic N) is 4. The predicted octanol–water partition coefficient (Wildman–Crippen LogP) is 0.762. The first-order chi connectivity index (χ1) is 10.4. The molecular formula is C15H25N5O2. The van der Waals surface area contributed by atoms with Gasteiger partial charge in [0.15, 0.2) is 0 Å². The van der Waals surface area contributed by atoms with E-state index in [9.17, 15) is 9.59 Å². The van der Waals surface area contributed by atoms with E-state index >= 15 is 0 Å². The summed E-state index contributed by atoms with van der Waals surface area (Å²) in [5, 5.41) is 7.30. The van der Waals surface area contributed by atoms with Gasteiger partial charge in [0.05, 0.1) is 5.69 Å². The molecular weight excluding hydrogens is 282 g/mol. The standard InChI is InChI=1S/C15H25N5O2/c1-11-9-12(2)20(17-11)10-14(21)19-7-5-13(6-8-19)16-15(22)18(3)4/h9,13H,5-8,10H2,1-4H3,(H,16,22). The SMILES string of the molecule is Cc1cc(C)n(CC(=O)N2CCC(NC(=O)N(C)C)CC2)n1. The summed E-state index contributed by atoms with van der Waals surface area (Å²) in [6, 6.07) is 2.04. The van der Waals surface area contributed by atoms with Crippen molar-refractivity contribution >= 4 is 11.9 Å². The van der Waals surface area contributed by atoms with Crippen LogP contribution in [0.15, 0.2) is 6.07 Å². The van der Waals surface area contributed by atoms with Crippen molar-refractivity contribution in [1.29, 1.82) is 0 Å². The number of piperidine rings is 1. The largest absolute Gasteiger partial charge is 0.341 e. The van der Waals surface area contributed by atoms with Crippen molar-refractivity contribution in [3.8, 4) is 0 Å². The third-order valence-electron chi connectivity index (χ3n) is 3.97. The third-order valence-corrected chi connectivity index (χ3v) is 3.97. The van der Waals surface area contributed by atoms with Gasteiger partial charge in [-0.3, -0.25) is 9.48 Å². The van der Waals surface area contributed by atoms with Gasteiger partial charge >= 0.3 is 6.03 Å². The van der Waals surface area contributed by atoms with Crippen LogP contribution >= 0.6 is 0 Å². The molecule has 0 aliphatic carbocycles. The Hall–Kier alpha value is -2.05. The van der Waals surface area contributed by atoms with E-state index < -0.39 is 0 Å². The Morgan fingerprint density at radius 2 is 1.95 bits per heavy atom. The molecule has 1 N–H and O–H groups in total. The van der Waals surface area contributed by atoms with Gasteiger partial charge in [-0.05, 0) is 32.8 Å². The van der Waals surface area contributed by atoms with Gasteiger partial charge in [0.25, 0.3) is 0 Å². The quantitative estimate of drug-likeness (QED) is 0.896. The summed E-state index contributed by atoms with van der Waals surface area (Å²) in [6.45, 7) is 5.52. The first kappa shape index (κ1) is 16.3. The number of hydrogen-bond donors (Lipinski definition) is 1. The van der Waals surface area contributed by atoms with E-state index in [-0.39, 0.29) is 24.5 Å². The number of aryl methyl sites for hydroxylation is 2. The number of amides is 3. The molecule has 0 aromatic carbocycles. The summed E-state index contributed by atoms with van der Waals surface area (Å²) in [5.74, 6) is 0.0867. The van der Waals surface area contributed by atoms with Gasteiger partial charge in [0, 0.05) is 38.9 Å². The maximum atomic E-state index is 12.3. The van der Waals surface area contributed by atoms with Gasteiger partial charge in [0.2, 0.25) is 5.91 Å². The zero-order valence-corrected chi connectivity index (χ0v) is 13.8. The molecule has 0 saturated carbocycles. The van der Waals surface area contributed by atoms with E-state index in [1.807, 2.05) is 24.8 Å². The maximum absolute atomic E-state index is 12.3. The molecule has 1 aromatic heterocycles. The summed E-state index contributed by atoms with van der Waals surface area (Å²) in [5.41, 5.74) is 1.93. The molecule has 22 heavy (non-hydrogen) atoms. The number of hydrogen-bond acceptors (Lipinski definition) is 3. The molecule has 7 heteroatoms. The van der Waals surface area contributed by atoms with Gasteiger partial charge in [-0.25, -0.2) is 4.79 Å². The summed E-state index contributed by atoms with van der Waals surface area (Å²) >= 11 is 0. The number of aromatic nitrogens is 2. The zero-order chi connectivity index (χ0) is 16.3. The molecule has 122 valence electrons. The molecule has 1 aliphatic rings. The molecule has 0 spiro atoms. The third kappa shape index (κ3) is 3.99. The highest BCUT2D eigenvalue weighted by Crippen LogP contribution is 2.12. The van der Waals surface area contributed by atoms with Gasteiger partial charge in [-0.2, -0.15) is 5.10 Å². The summed E-state index contributed by atoms with van der Waals surface area (Å²) in [7, 11) is 3.45. The van der Waals surface area contributed by atoms with Crippen LogP contribution in [0.1, 0.15) is 24.2 Å². The minimum absolute atomic E-state index is 0.0765. The van der Waals surface area contributed by atoms with Gasteiger partial charge in [0.1, 0.15) is 6.54 Å². The molecule has 1 aliphatic heterocycles. The van der Waals surface area contributed by atoms with Crippen molar-refractivity contribution in [1.82, 2.24) is 24.9 Å². The average molecular weight is 307 g/mol. The Bertz CT molecular complexity index is 544. The summed E-state index contributed by atoms with van der Waals surface area (Å²) in [6.07, 6.45) is 1.59. The van der Waals surface area contributed by atoms with E-state index in [1.54, 1.807) is 18.8 Å². The lowest BCUT2D eigenvalue weighted by molar-refractivity contribution is -0.133. The first-order valence-electron chi connectivity index (χ1n) is 7.63. The predicted molar refractivity (Wildman–Crippen MR) is 83.5 cm³/mol. The number of urea groups is 1. The Balaban J connectivity index is 1.82. The molecule has 0 bridgehead atoms. The normalized spacial score (nSPS) is 15.7. The molecule has 0 radical (unpaired) electrons. The van der Waals surface area contributed by atoms with E-state index in [2.05, 4.69) is 10.4 Å². The van der Waals surface area contributed by atoms with Crippen LogP contribution in [0.5, 0.6) is 0 Å². The minimum atomic E-state index is -0.0765. The van der Waals surface area contributed by atoms with E-state index in [0.29, 0.717) is 13.1 Å². The van der Waals surface area contributed by atoms with Crippen LogP contribution in [0, 0.1) is 13.8 Å². The van der Waals surface area contributed by atoms with E-state index in [4.69, 9.17) is 0 Å². The Morgan fingerprint density at radius 3 is 2.45 bits per heavy atom. The number of likely N-dealkylation sites (tertiary alicyclic amines) is 1. The van der Waals surface area contributed by atoms with Gasteiger partial charge in [-0.15, -0.1) is 0 Å². The fourth-order valence-electron chi connectivity index (χ4n) is 2.64. The molecule has 0 atom stereocenters. The van der Waals surface area contributed by atoms with Crippen LogP contribution < -0.4 is 5.32 Å². The fourth-order valence-corrected chi connectivity index (χ4v) is 2.64. The second-order valence-electron chi connectivity index (χ2n) is 6.08. The highest BCUT2D eigenvalue weighted by atomic mass is 16.2. The minimum Gasteiger partial charge on any atom is -0.341 e. The Kier molecular flexibility index (Phi) is 5.05. The fraction of sp³-hybridized carbons (Fsp3) is 0.667. The second kappa shape index (κ2) is 6.81. The van der Waals surface area contributed by atoms with Crippen LogP contribution in [-0.2, 0) is 11.3 Å². The van der Waals surface area contributed by atoms with Crippen LogP contribution in [0.4, 0.5) is 4.79 Å². The molecule has 1 aromatic rings. The van der Waals surface area contributed by atoms with Crippen molar-refractivity contribution in [2.45, 2.75) is 39.3 Å². The maximum Gasteiger partial charge on any atom is 0.317 e. The second-order valence-corrected chi connectivity index (χ2v) is 6.08. The van der Waals surface area contributed by atoms with Crippen molar-refractivity contribution in [3.63, 3.8) is 0 Å². The molecule has 1 saturated heterocycles. The first-order valence-corrected chi connectivity index (χ1v) is 7.63. The number of carbonyl (C=O) groups is 2. The molecule has 0 unspecified atom stereocenters. The van der Waals surface area contributed by atoms with Gasteiger partial charge in [-0.1, -0.05) is 0 Å². The van der Waals surface area contributed by atoms with Crippen molar-refractivity contribution in [3.05, 3.63) is 17.5 Å². The summed E-state index contributed by atoms with van der Waals surface area (Å²) < 4.78 is 1.75. The molecule has 2 heterocycles. The number of rotatable bonds is 3. The number of carbonyl (C=O) groups excluding carboxylic acids is 2. The van der Waals surface area contributed by atoms with Crippen LogP contribution in [-0.4, -0.2) is 64.7 Å². The molecule has 7 nitrogen and oxygen atoms in total. The van der Waals surface area contributed by atoms with Crippen LogP contribution in [0.25, 0.3) is 0 Å². The molecule has 1 fully saturated rings. The van der Waals surface area contributed by atoms with Crippen molar-refractivity contribution < 1.29 is 9.59 Å². The monoisotopic (exact) mass is 307 g/mol. The van der Waals surface area contributed by atoms with E-state index in [1.165, 1.54) is 4.90 Å². The highest BCUT2D eigenvalue weighted by Gasteiger charge is 2.24. The Morgan fingerprint density at radius 1 is 1.32 bits per heavy atom. The smallest absolute Gasteiger partial charge is 0.317 e. The highest BCUT2D eigenvalue weighted by molar-refractivity contribution is 5.76. The molecule has 2 rings (SSSR count). The summed E-state index contributed by atoms with van der Waals surface area (Å²) in [4.78, 5) is 27.3. The number of nitrogens with one attached hydrogen (secondary N) is 1. The Labute approximate surface area is 131 Å². The van der Waals surface area contributed by atoms with Gasteiger partial charge < -0.3 is 15.1 Å². The molecule has 3 amide bonds. The van der Waals surface area contributed by atoms with Crippen LogP contribution in [0.2, 0.25) is 0 Å².